The van der Waals surface area contributed by atoms with Crippen LogP contribution in [0.4, 0.5) is 0 Å². The molecule has 1 aromatic heterocycles. The van der Waals surface area contributed by atoms with Gasteiger partial charge in [0.05, 0.1) is 5.39 Å². The topological polar surface area (TPSA) is 58.6 Å². The smallest absolute Gasteiger partial charge is 0.267 e. The molecule has 2 rings (SSSR count). The summed E-state index contributed by atoms with van der Waals surface area (Å²) in [4.78, 5) is 11.2. The summed E-state index contributed by atoms with van der Waals surface area (Å²) in [7, 11) is 0. The fourth-order valence-electron chi connectivity index (χ4n) is 0.981. The Labute approximate surface area is 75.7 Å². The van der Waals surface area contributed by atoms with Gasteiger partial charge >= 0.3 is 0 Å². The van der Waals surface area contributed by atoms with Crippen molar-refractivity contribution in [2.45, 2.75) is 0 Å². The summed E-state index contributed by atoms with van der Waals surface area (Å²) >= 11 is 3.28. The first-order chi connectivity index (χ1) is 5.79. The second-order valence-electron chi connectivity index (χ2n) is 2.28. The van der Waals surface area contributed by atoms with Crippen LogP contribution in [0.2, 0.25) is 0 Å². The molecule has 0 saturated heterocycles. The zero-order chi connectivity index (χ0) is 8.55. The van der Waals surface area contributed by atoms with Crippen LogP contribution in [-0.2, 0) is 0 Å². The number of hydrogen-bond acceptors (Lipinski definition) is 3. The molecule has 5 heteroatoms. The summed E-state index contributed by atoms with van der Waals surface area (Å²) in [5, 5.41) is 10.0. The molecule has 4 nitrogen and oxygen atoms in total. The summed E-state index contributed by atoms with van der Waals surface area (Å²) in [6.07, 6.45) is 0. The Morgan fingerprint density at radius 3 is 3.00 bits per heavy atom. The molecule has 1 heterocycles. The minimum absolute atomic E-state index is 0.221. The molecule has 0 unspecified atom stereocenters. The molecule has 0 spiro atoms. The molecule has 0 aliphatic carbocycles. The summed E-state index contributed by atoms with van der Waals surface area (Å²) in [5.74, 6) is 0. The maximum atomic E-state index is 11.2. The highest BCUT2D eigenvalue weighted by molar-refractivity contribution is 9.10. The van der Waals surface area contributed by atoms with Gasteiger partial charge in [0.2, 0.25) is 0 Å². The Kier molecular flexibility index (Phi) is 1.65. The Bertz CT molecular complexity index is 479. The van der Waals surface area contributed by atoms with Gasteiger partial charge in [-0.3, -0.25) is 4.79 Å². The van der Waals surface area contributed by atoms with E-state index in [4.69, 9.17) is 0 Å². The van der Waals surface area contributed by atoms with Crippen LogP contribution < -0.4 is 5.56 Å². The number of H-pyrrole nitrogens is 1. The largest absolute Gasteiger partial charge is 0.275 e. The third-order valence-corrected chi connectivity index (χ3v) is 2.17. The minimum atomic E-state index is -0.221. The standard InChI is InChI=1S/C7H4BrN3O/c8-5-3-1-2-4-6(5)9-11-10-7(4)12/h1-3H,(H,9,10,12). The van der Waals surface area contributed by atoms with Crippen LogP contribution in [0.1, 0.15) is 0 Å². The van der Waals surface area contributed by atoms with E-state index in [0.717, 1.165) is 4.47 Å². The van der Waals surface area contributed by atoms with Crippen molar-refractivity contribution in [3.63, 3.8) is 0 Å². The first-order valence-electron chi connectivity index (χ1n) is 3.28. The van der Waals surface area contributed by atoms with Gasteiger partial charge in [0.15, 0.2) is 0 Å². The van der Waals surface area contributed by atoms with Crippen molar-refractivity contribution in [1.82, 2.24) is 15.4 Å². The van der Waals surface area contributed by atoms with Crippen molar-refractivity contribution in [3.05, 3.63) is 33.0 Å². The second-order valence-corrected chi connectivity index (χ2v) is 3.13. The van der Waals surface area contributed by atoms with Crippen molar-refractivity contribution < 1.29 is 0 Å². The Morgan fingerprint density at radius 2 is 2.25 bits per heavy atom. The fourth-order valence-corrected chi connectivity index (χ4v) is 1.43. The average Bonchev–Trinajstić information content (AvgIpc) is 2.07. The lowest BCUT2D eigenvalue weighted by molar-refractivity contribution is 0.871. The SMILES string of the molecule is O=c1[nH]nnc2c(Br)cccc12. The molecule has 0 bridgehead atoms. The molecule has 0 radical (unpaired) electrons. The van der Waals surface area contributed by atoms with Crippen LogP contribution >= 0.6 is 15.9 Å². The highest BCUT2D eigenvalue weighted by atomic mass is 79.9. The molecule has 12 heavy (non-hydrogen) atoms. The lowest BCUT2D eigenvalue weighted by Crippen LogP contribution is -2.09. The Hall–Kier alpha value is -1.23. The van der Waals surface area contributed by atoms with E-state index in [1.54, 1.807) is 12.1 Å². The summed E-state index contributed by atoms with van der Waals surface area (Å²) < 4.78 is 0.776. The first kappa shape index (κ1) is 7.42. The molecule has 1 N–H and O–H groups in total. The van der Waals surface area contributed by atoms with E-state index in [9.17, 15) is 4.79 Å². The molecule has 0 aliphatic heterocycles. The van der Waals surface area contributed by atoms with E-state index in [1.807, 2.05) is 6.07 Å². The predicted octanol–water partition coefficient (Wildman–Crippen LogP) is 1.08. The van der Waals surface area contributed by atoms with E-state index in [-0.39, 0.29) is 5.56 Å². The van der Waals surface area contributed by atoms with E-state index < -0.39 is 0 Å². The van der Waals surface area contributed by atoms with Crippen molar-refractivity contribution in [3.8, 4) is 0 Å². The van der Waals surface area contributed by atoms with E-state index in [1.165, 1.54) is 0 Å². The summed E-state index contributed by atoms with van der Waals surface area (Å²) in [6.45, 7) is 0. The molecule has 0 fully saturated rings. The highest BCUT2D eigenvalue weighted by Gasteiger charge is 2.01. The Morgan fingerprint density at radius 1 is 1.42 bits per heavy atom. The zero-order valence-electron chi connectivity index (χ0n) is 5.91. The fraction of sp³-hybridized carbons (Fsp3) is 0. The number of aromatic nitrogens is 3. The van der Waals surface area contributed by atoms with Gasteiger partial charge in [-0.25, -0.2) is 5.10 Å². The predicted molar refractivity (Wildman–Crippen MR) is 47.9 cm³/mol. The zero-order valence-corrected chi connectivity index (χ0v) is 7.50. The molecule has 60 valence electrons. The van der Waals surface area contributed by atoms with Gasteiger partial charge in [0.1, 0.15) is 5.52 Å². The van der Waals surface area contributed by atoms with Crippen LogP contribution in [0.3, 0.4) is 0 Å². The van der Waals surface area contributed by atoms with Crippen molar-refractivity contribution >= 4 is 26.8 Å². The number of benzene rings is 1. The van der Waals surface area contributed by atoms with Gasteiger partial charge in [0.25, 0.3) is 5.56 Å². The van der Waals surface area contributed by atoms with E-state index in [2.05, 4.69) is 31.3 Å². The third kappa shape index (κ3) is 1.02. The molecule has 0 saturated carbocycles. The Balaban J connectivity index is 3.05. The lowest BCUT2D eigenvalue weighted by Gasteiger charge is -1.94. The quantitative estimate of drug-likeness (QED) is 0.731. The van der Waals surface area contributed by atoms with Gasteiger partial charge in [-0.1, -0.05) is 11.3 Å². The summed E-state index contributed by atoms with van der Waals surface area (Å²) in [6, 6.07) is 5.30. The number of fused-ring (bicyclic) bond motifs is 1. The number of nitrogens with zero attached hydrogens (tertiary/aromatic N) is 2. The van der Waals surface area contributed by atoms with Gasteiger partial charge in [-0.15, -0.1) is 5.10 Å². The molecule has 0 amide bonds. The maximum absolute atomic E-state index is 11.2. The van der Waals surface area contributed by atoms with Gasteiger partial charge in [-0.2, -0.15) is 0 Å². The van der Waals surface area contributed by atoms with Crippen molar-refractivity contribution in [2.24, 2.45) is 0 Å². The normalized spacial score (nSPS) is 10.4. The van der Waals surface area contributed by atoms with Gasteiger partial charge in [0, 0.05) is 4.47 Å². The first-order valence-corrected chi connectivity index (χ1v) is 4.08. The monoisotopic (exact) mass is 225 g/mol. The number of aromatic amines is 1. The second kappa shape index (κ2) is 2.67. The van der Waals surface area contributed by atoms with Crippen LogP contribution in [0.25, 0.3) is 10.9 Å². The average molecular weight is 226 g/mol. The third-order valence-electron chi connectivity index (χ3n) is 1.53. The molecule has 0 aliphatic rings. The molecule has 2 aromatic rings. The number of halogens is 1. The van der Waals surface area contributed by atoms with Crippen LogP contribution in [0.5, 0.6) is 0 Å². The van der Waals surface area contributed by atoms with Crippen molar-refractivity contribution in [2.75, 3.05) is 0 Å². The summed E-state index contributed by atoms with van der Waals surface area (Å²) in [5.41, 5.74) is 0.363. The van der Waals surface area contributed by atoms with Gasteiger partial charge < -0.3 is 0 Å². The maximum Gasteiger partial charge on any atom is 0.275 e. The molecular weight excluding hydrogens is 222 g/mol. The molecular formula is C7H4BrN3O. The van der Waals surface area contributed by atoms with Crippen LogP contribution in [0, 0.1) is 0 Å². The number of nitrogens with one attached hydrogen (secondary N) is 1. The van der Waals surface area contributed by atoms with E-state index >= 15 is 0 Å². The van der Waals surface area contributed by atoms with Crippen LogP contribution in [0.15, 0.2) is 27.5 Å². The molecule has 0 atom stereocenters. The van der Waals surface area contributed by atoms with Crippen LogP contribution in [-0.4, -0.2) is 15.4 Å². The number of rotatable bonds is 0. The van der Waals surface area contributed by atoms with Crippen molar-refractivity contribution in [1.29, 1.82) is 0 Å². The highest BCUT2D eigenvalue weighted by Crippen LogP contribution is 2.17. The van der Waals surface area contributed by atoms with E-state index in [0.29, 0.717) is 10.9 Å². The number of hydrogen-bond donors (Lipinski definition) is 1. The lowest BCUT2D eigenvalue weighted by atomic mass is 10.2. The van der Waals surface area contributed by atoms with Gasteiger partial charge in [-0.05, 0) is 28.1 Å². The minimum Gasteiger partial charge on any atom is -0.267 e. The molecule has 1 aromatic carbocycles.